The maximum atomic E-state index is 12.7. The van der Waals surface area contributed by atoms with Crippen molar-refractivity contribution in [1.82, 2.24) is 15.3 Å². The first-order chi connectivity index (χ1) is 16.2. The summed E-state index contributed by atoms with van der Waals surface area (Å²) in [5.41, 5.74) is 4.34. The monoisotopic (exact) mass is 476 g/mol. The second kappa shape index (κ2) is 9.41. The summed E-state index contributed by atoms with van der Waals surface area (Å²) < 4.78 is 49.8. The number of halogens is 3. The number of carbonyl (C=O) groups excluding carboxylic acids is 2. The lowest BCUT2D eigenvalue weighted by atomic mass is 9.96. The van der Waals surface area contributed by atoms with E-state index in [1.165, 1.54) is 18.2 Å². The minimum atomic E-state index is -4.40. The minimum Gasteiger partial charge on any atom is -0.490 e. The molecular formula is C23H23F3N4O4. The molecule has 2 atom stereocenters. The average molecular weight is 476 g/mol. The first kappa shape index (κ1) is 23.7. The van der Waals surface area contributed by atoms with Crippen molar-refractivity contribution in [2.75, 3.05) is 13.1 Å². The largest absolute Gasteiger partial charge is 0.490 e. The number of aromatic nitrogens is 2. The Morgan fingerprint density at radius 3 is 2.56 bits per heavy atom. The quantitative estimate of drug-likeness (QED) is 0.590. The van der Waals surface area contributed by atoms with E-state index >= 15 is 0 Å². The van der Waals surface area contributed by atoms with Crippen molar-refractivity contribution in [3.63, 3.8) is 0 Å². The van der Waals surface area contributed by atoms with E-state index in [-0.39, 0.29) is 23.5 Å². The van der Waals surface area contributed by atoms with Gasteiger partial charge in [0.1, 0.15) is 17.5 Å². The number of primary amides is 1. The zero-order valence-corrected chi connectivity index (χ0v) is 18.1. The van der Waals surface area contributed by atoms with Crippen LogP contribution in [-0.4, -0.2) is 47.0 Å². The molecule has 1 unspecified atom stereocenters. The van der Waals surface area contributed by atoms with E-state index in [0.29, 0.717) is 44.5 Å². The van der Waals surface area contributed by atoms with Gasteiger partial charge in [0, 0.05) is 25.5 Å². The number of nitrogens with one attached hydrogen (secondary N) is 1. The Morgan fingerprint density at radius 2 is 2.00 bits per heavy atom. The van der Waals surface area contributed by atoms with Crippen LogP contribution >= 0.6 is 0 Å². The number of nitrogens with zero attached hydrogens (tertiary/aromatic N) is 2. The predicted molar refractivity (Wildman–Crippen MR) is 115 cm³/mol. The van der Waals surface area contributed by atoms with E-state index in [2.05, 4.69) is 15.3 Å². The second-order valence-electron chi connectivity index (χ2n) is 8.26. The fourth-order valence-electron chi connectivity index (χ4n) is 3.89. The van der Waals surface area contributed by atoms with Crippen LogP contribution in [0, 0.1) is 0 Å². The lowest BCUT2D eigenvalue weighted by Crippen LogP contribution is -2.40. The number of hydrogen-bond acceptors (Lipinski definition) is 7. The Balaban J connectivity index is 1.48. The van der Waals surface area contributed by atoms with Gasteiger partial charge < -0.3 is 20.5 Å². The van der Waals surface area contributed by atoms with Crippen LogP contribution in [0.3, 0.4) is 0 Å². The molecule has 180 valence electrons. The normalized spacial score (nSPS) is 22.7. The van der Waals surface area contributed by atoms with E-state index in [1.807, 2.05) is 6.08 Å². The summed E-state index contributed by atoms with van der Waals surface area (Å²) in [4.78, 5) is 32.0. The Labute approximate surface area is 193 Å². The minimum absolute atomic E-state index is 0.0315. The molecule has 1 amide bonds. The molecule has 0 saturated carbocycles. The van der Waals surface area contributed by atoms with Gasteiger partial charge in [0.05, 0.1) is 5.56 Å². The molecule has 3 N–H and O–H groups in total. The summed E-state index contributed by atoms with van der Waals surface area (Å²) in [6.45, 7) is 0.943. The molecule has 1 fully saturated rings. The topological polar surface area (TPSA) is 116 Å². The van der Waals surface area contributed by atoms with Crippen LogP contribution in [0.4, 0.5) is 13.2 Å². The van der Waals surface area contributed by atoms with E-state index < -0.39 is 23.2 Å². The van der Waals surface area contributed by atoms with Crippen molar-refractivity contribution in [1.29, 1.82) is 0 Å². The fourth-order valence-corrected chi connectivity index (χ4v) is 3.89. The van der Waals surface area contributed by atoms with Gasteiger partial charge in [-0.3, -0.25) is 9.59 Å². The third-order valence-electron chi connectivity index (χ3n) is 5.76. The molecule has 2 heterocycles. The van der Waals surface area contributed by atoms with Gasteiger partial charge in [-0.05, 0) is 49.2 Å². The van der Waals surface area contributed by atoms with Crippen molar-refractivity contribution >= 4 is 17.8 Å². The van der Waals surface area contributed by atoms with Crippen LogP contribution in [0.25, 0.3) is 5.57 Å². The van der Waals surface area contributed by atoms with Gasteiger partial charge in [-0.2, -0.15) is 18.2 Å². The molecule has 1 aliphatic carbocycles. The molecule has 1 aliphatic heterocycles. The third-order valence-corrected chi connectivity index (χ3v) is 5.76. The summed E-state index contributed by atoms with van der Waals surface area (Å²) in [7, 11) is 0. The van der Waals surface area contributed by atoms with Gasteiger partial charge >= 0.3 is 6.18 Å². The Hall–Kier alpha value is -3.47. The van der Waals surface area contributed by atoms with Gasteiger partial charge in [-0.1, -0.05) is 6.08 Å². The molecule has 8 nitrogen and oxygen atoms in total. The van der Waals surface area contributed by atoms with Gasteiger partial charge in [0.15, 0.2) is 17.7 Å². The molecule has 0 radical (unpaired) electrons. The lowest BCUT2D eigenvalue weighted by molar-refractivity contribution is -0.137. The summed E-state index contributed by atoms with van der Waals surface area (Å²) in [6.07, 6.45) is -0.0488. The smallest absolute Gasteiger partial charge is 0.416 e. The van der Waals surface area contributed by atoms with Gasteiger partial charge in [-0.25, -0.2) is 4.98 Å². The zero-order chi connectivity index (χ0) is 24.3. The van der Waals surface area contributed by atoms with E-state index in [0.717, 1.165) is 24.0 Å². The molecule has 11 heteroatoms. The molecule has 1 saturated heterocycles. The van der Waals surface area contributed by atoms with Crippen LogP contribution < -0.4 is 20.5 Å². The van der Waals surface area contributed by atoms with Crippen molar-refractivity contribution in [2.45, 2.75) is 43.6 Å². The van der Waals surface area contributed by atoms with Crippen molar-refractivity contribution in [3.05, 3.63) is 53.5 Å². The molecule has 34 heavy (non-hydrogen) atoms. The maximum absolute atomic E-state index is 12.7. The Kier molecular flexibility index (Phi) is 6.56. The van der Waals surface area contributed by atoms with E-state index in [4.69, 9.17) is 15.2 Å². The van der Waals surface area contributed by atoms with E-state index in [1.54, 1.807) is 0 Å². The number of rotatable bonds is 7. The number of nitrogens with two attached hydrogens (primary N) is 1. The van der Waals surface area contributed by atoms with Crippen LogP contribution in [0.2, 0.25) is 0 Å². The predicted octanol–water partition coefficient (Wildman–Crippen LogP) is 2.92. The second-order valence-corrected chi connectivity index (χ2v) is 8.26. The van der Waals surface area contributed by atoms with Crippen molar-refractivity contribution in [3.8, 4) is 11.6 Å². The summed E-state index contributed by atoms with van der Waals surface area (Å²) >= 11 is 0. The summed E-state index contributed by atoms with van der Waals surface area (Å²) in [6, 6.07) is 5.87. The number of carbonyl (C=O) groups is 2. The molecule has 0 spiro atoms. The van der Waals surface area contributed by atoms with Crippen LogP contribution in [0.15, 0.2) is 36.4 Å². The van der Waals surface area contributed by atoms with Gasteiger partial charge in [0.2, 0.25) is 5.88 Å². The standard InChI is InChI=1S/C23H23F3N4O4/c24-23(25,26)15-3-7-17(8-4-15)33-16-5-1-14(2-6-16)21-29-18(20(27)32)11-19(30-21)34-22(13-31)9-10-28-12-22/h1,3-4,7-8,11,13,16,28H,2,5-6,9-10,12H2,(H2,27,32)/t16?,22-/m1/s1. The molecule has 2 aliphatic rings. The summed E-state index contributed by atoms with van der Waals surface area (Å²) in [5.74, 6) is -0.0510. The lowest BCUT2D eigenvalue weighted by Gasteiger charge is -2.24. The van der Waals surface area contributed by atoms with Gasteiger partial charge in [0.25, 0.3) is 5.91 Å². The number of allylic oxidation sites excluding steroid dienone is 1. The first-order valence-electron chi connectivity index (χ1n) is 10.8. The molecule has 0 bridgehead atoms. The van der Waals surface area contributed by atoms with Crippen LogP contribution in [0.5, 0.6) is 11.6 Å². The highest BCUT2D eigenvalue weighted by Gasteiger charge is 2.37. The van der Waals surface area contributed by atoms with Crippen molar-refractivity contribution < 1.29 is 32.2 Å². The highest BCUT2D eigenvalue weighted by molar-refractivity contribution is 5.91. The SMILES string of the molecule is NC(=O)c1cc(O[C@]2(C=O)CCNC2)nc(C2=CCC(Oc3ccc(C(F)(F)F)cc3)CC2)n1. The number of alkyl halides is 3. The Morgan fingerprint density at radius 1 is 1.24 bits per heavy atom. The number of hydrogen-bond donors (Lipinski definition) is 2. The third kappa shape index (κ3) is 5.36. The highest BCUT2D eigenvalue weighted by atomic mass is 19.4. The Bertz CT molecular complexity index is 1100. The highest BCUT2D eigenvalue weighted by Crippen LogP contribution is 2.32. The number of benzene rings is 1. The fraction of sp³-hybridized carbons (Fsp3) is 0.391. The summed E-state index contributed by atoms with van der Waals surface area (Å²) in [5, 5.41) is 3.06. The van der Waals surface area contributed by atoms with Crippen LogP contribution in [0.1, 0.15) is 47.6 Å². The van der Waals surface area contributed by atoms with Gasteiger partial charge in [-0.15, -0.1) is 0 Å². The molecule has 4 rings (SSSR count). The molecular weight excluding hydrogens is 453 g/mol. The maximum Gasteiger partial charge on any atom is 0.416 e. The number of aldehydes is 1. The molecule has 1 aromatic carbocycles. The zero-order valence-electron chi connectivity index (χ0n) is 18.1. The first-order valence-corrected chi connectivity index (χ1v) is 10.8. The average Bonchev–Trinajstić information content (AvgIpc) is 3.28. The molecule has 2 aromatic rings. The molecule has 1 aromatic heterocycles. The van der Waals surface area contributed by atoms with E-state index in [9.17, 15) is 22.8 Å². The number of amides is 1. The number of ether oxygens (including phenoxy) is 2. The van der Waals surface area contributed by atoms with Crippen LogP contribution in [-0.2, 0) is 11.0 Å². The van der Waals surface area contributed by atoms with Crippen molar-refractivity contribution in [2.24, 2.45) is 5.73 Å².